The number of para-hydroxylation sites is 1. The Morgan fingerprint density at radius 2 is 2.00 bits per heavy atom. The van der Waals surface area contributed by atoms with E-state index in [0.29, 0.717) is 18.7 Å². The number of hydrogen-bond donors (Lipinski definition) is 2. The van der Waals surface area contributed by atoms with Crippen LogP contribution in [0.5, 0.6) is 0 Å². The molecule has 104 valence electrons. The van der Waals surface area contributed by atoms with Gasteiger partial charge in [0.15, 0.2) is 0 Å². The van der Waals surface area contributed by atoms with Crippen molar-refractivity contribution < 1.29 is 9.72 Å². The van der Waals surface area contributed by atoms with Crippen LogP contribution in [0.2, 0.25) is 0 Å². The monoisotopic (exact) mass is 265 g/mol. The van der Waals surface area contributed by atoms with Gasteiger partial charge in [0, 0.05) is 31.8 Å². The molecule has 0 fully saturated rings. The summed E-state index contributed by atoms with van der Waals surface area (Å²) in [6.07, 6.45) is 0. The fraction of sp³-hybridized carbons (Fsp3) is 0.462. The molecule has 1 rings (SSSR count). The number of hydrogen-bond acceptors (Lipinski definition) is 4. The minimum atomic E-state index is -0.557. The molecule has 0 heterocycles. The van der Waals surface area contributed by atoms with Crippen LogP contribution >= 0.6 is 0 Å². The van der Waals surface area contributed by atoms with Gasteiger partial charge in [-0.05, 0) is 13.8 Å². The van der Waals surface area contributed by atoms with Crippen molar-refractivity contribution in [2.24, 2.45) is 5.41 Å². The van der Waals surface area contributed by atoms with Crippen LogP contribution in [0.15, 0.2) is 24.3 Å². The Morgan fingerprint density at radius 1 is 1.37 bits per heavy atom. The summed E-state index contributed by atoms with van der Waals surface area (Å²) in [7, 11) is 1.59. The Morgan fingerprint density at radius 3 is 2.58 bits per heavy atom. The zero-order valence-corrected chi connectivity index (χ0v) is 11.4. The van der Waals surface area contributed by atoms with E-state index in [0.717, 1.165) is 0 Å². The molecule has 0 atom stereocenters. The minimum Gasteiger partial charge on any atom is -0.359 e. The van der Waals surface area contributed by atoms with E-state index in [9.17, 15) is 14.9 Å². The maximum Gasteiger partial charge on any atom is 0.273 e. The molecular formula is C13H19N3O3. The smallest absolute Gasteiger partial charge is 0.273 e. The third-order valence-corrected chi connectivity index (χ3v) is 2.91. The molecule has 0 radical (unpaired) electrons. The van der Waals surface area contributed by atoms with Gasteiger partial charge in [0.1, 0.15) is 0 Å². The maximum absolute atomic E-state index is 11.6. The van der Waals surface area contributed by atoms with Gasteiger partial charge < -0.3 is 10.6 Å². The summed E-state index contributed by atoms with van der Waals surface area (Å²) >= 11 is 0. The van der Waals surface area contributed by atoms with Crippen LogP contribution in [0.4, 0.5) is 5.69 Å². The minimum absolute atomic E-state index is 0.0671. The molecule has 0 unspecified atom stereocenters. The highest BCUT2D eigenvalue weighted by atomic mass is 16.6. The summed E-state index contributed by atoms with van der Waals surface area (Å²) in [5.41, 5.74) is 0.145. The Labute approximate surface area is 112 Å². The second kappa shape index (κ2) is 6.29. The van der Waals surface area contributed by atoms with Gasteiger partial charge in [-0.1, -0.05) is 18.2 Å². The maximum atomic E-state index is 11.6. The standard InChI is InChI=1S/C13H19N3O3/c1-13(2,12(17)14-3)9-15-8-10-6-4-5-7-11(10)16(18)19/h4-7,15H,8-9H2,1-3H3,(H,14,17). The van der Waals surface area contributed by atoms with E-state index in [1.54, 1.807) is 25.2 Å². The number of nitrogens with one attached hydrogen (secondary N) is 2. The van der Waals surface area contributed by atoms with E-state index in [4.69, 9.17) is 0 Å². The molecule has 0 spiro atoms. The summed E-state index contributed by atoms with van der Waals surface area (Å²) in [4.78, 5) is 22.0. The van der Waals surface area contributed by atoms with Crippen LogP contribution in [0.25, 0.3) is 0 Å². The average molecular weight is 265 g/mol. The van der Waals surface area contributed by atoms with Crippen molar-refractivity contribution in [3.05, 3.63) is 39.9 Å². The van der Waals surface area contributed by atoms with Crippen molar-refractivity contribution in [2.75, 3.05) is 13.6 Å². The summed E-state index contributed by atoms with van der Waals surface area (Å²) in [6.45, 7) is 4.44. The van der Waals surface area contributed by atoms with Crippen molar-refractivity contribution in [1.82, 2.24) is 10.6 Å². The molecule has 1 amide bonds. The molecule has 0 saturated carbocycles. The van der Waals surface area contributed by atoms with Crippen molar-refractivity contribution in [2.45, 2.75) is 20.4 Å². The quantitative estimate of drug-likeness (QED) is 0.602. The number of nitrogens with zero attached hydrogens (tertiary/aromatic N) is 1. The first kappa shape index (κ1) is 15.1. The van der Waals surface area contributed by atoms with Gasteiger partial charge >= 0.3 is 0 Å². The molecular weight excluding hydrogens is 246 g/mol. The molecule has 0 saturated heterocycles. The van der Waals surface area contributed by atoms with Crippen molar-refractivity contribution in [3.8, 4) is 0 Å². The number of carbonyl (C=O) groups excluding carboxylic acids is 1. The topological polar surface area (TPSA) is 84.3 Å². The predicted octanol–water partition coefficient (Wildman–Crippen LogP) is 1.46. The molecule has 0 aliphatic heterocycles. The highest BCUT2D eigenvalue weighted by molar-refractivity contribution is 5.81. The zero-order chi connectivity index (χ0) is 14.5. The van der Waals surface area contributed by atoms with Crippen LogP contribution < -0.4 is 10.6 Å². The number of nitro benzene ring substituents is 1. The van der Waals surface area contributed by atoms with Gasteiger partial charge in [-0.25, -0.2) is 0 Å². The summed E-state index contributed by atoms with van der Waals surface area (Å²) < 4.78 is 0. The zero-order valence-electron chi connectivity index (χ0n) is 11.4. The van der Waals surface area contributed by atoms with Gasteiger partial charge in [-0.3, -0.25) is 14.9 Å². The van der Waals surface area contributed by atoms with E-state index < -0.39 is 10.3 Å². The van der Waals surface area contributed by atoms with Crippen LogP contribution in [0.1, 0.15) is 19.4 Å². The third kappa shape index (κ3) is 4.03. The molecule has 0 aromatic heterocycles. The lowest BCUT2D eigenvalue weighted by Crippen LogP contribution is -2.41. The van der Waals surface area contributed by atoms with Crippen LogP contribution in [-0.4, -0.2) is 24.4 Å². The Bertz CT molecular complexity index is 472. The molecule has 0 aliphatic carbocycles. The van der Waals surface area contributed by atoms with Crippen LogP contribution in [0, 0.1) is 15.5 Å². The number of nitro groups is 1. The molecule has 6 heteroatoms. The average Bonchev–Trinajstić information content (AvgIpc) is 2.37. The lowest BCUT2D eigenvalue weighted by atomic mass is 9.92. The summed E-state index contributed by atoms with van der Waals surface area (Å²) in [6, 6.07) is 6.57. The highest BCUT2D eigenvalue weighted by Crippen LogP contribution is 2.18. The number of carbonyl (C=O) groups is 1. The Hall–Kier alpha value is -1.95. The largest absolute Gasteiger partial charge is 0.359 e. The van der Waals surface area contributed by atoms with Gasteiger partial charge in [-0.2, -0.15) is 0 Å². The molecule has 19 heavy (non-hydrogen) atoms. The molecule has 1 aromatic rings. The third-order valence-electron chi connectivity index (χ3n) is 2.91. The summed E-state index contributed by atoms with van der Waals surface area (Å²) in [5.74, 6) is -0.0671. The van der Waals surface area contributed by atoms with E-state index >= 15 is 0 Å². The second-order valence-electron chi connectivity index (χ2n) is 4.95. The van der Waals surface area contributed by atoms with Crippen molar-refractivity contribution in [1.29, 1.82) is 0 Å². The van der Waals surface area contributed by atoms with Crippen LogP contribution in [0.3, 0.4) is 0 Å². The number of benzene rings is 1. The first-order chi connectivity index (χ1) is 8.88. The van der Waals surface area contributed by atoms with Crippen LogP contribution in [-0.2, 0) is 11.3 Å². The second-order valence-corrected chi connectivity index (χ2v) is 4.95. The van der Waals surface area contributed by atoms with Gasteiger partial charge in [-0.15, -0.1) is 0 Å². The molecule has 0 aliphatic rings. The normalized spacial score (nSPS) is 11.1. The fourth-order valence-corrected chi connectivity index (χ4v) is 1.77. The summed E-state index contributed by atoms with van der Waals surface area (Å²) in [5, 5.41) is 16.5. The Kier molecular flexibility index (Phi) is 5.00. The highest BCUT2D eigenvalue weighted by Gasteiger charge is 2.26. The lowest BCUT2D eigenvalue weighted by Gasteiger charge is -2.22. The number of rotatable bonds is 6. The molecule has 1 aromatic carbocycles. The first-order valence-electron chi connectivity index (χ1n) is 6.03. The van der Waals surface area contributed by atoms with Crippen molar-refractivity contribution >= 4 is 11.6 Å². The van der Waals surface area contributed by atoms with E-state index in [1.165, 1.54) is 6.07 Å². The fourth-order valence-electron chi connectivity index (χ4n) is 1.77. The molecule has 0 bridgehead atoms. The van der Waals surface area contributed by atoms with Gasteiger partial charge in [0.05, 0.1) is 10.3 Å². The first-order valence-corrected chi connectivity index (χ1v) is 6.03. The molecule has 2 N–H and O–H groups in total. The Balaban J connectivity index is 2.64. The van der Waals surface area contributed by atoms with Crippen molar-refractivity contribution in [3.63, 3.8) is 0 Å². The number of amides is 1. The lowest BCUT2D eigenvalue weighted by molar-refractivity contribution is -0.385. The van der Waals surface area contributed by atoms with Gasteiger partial charge in [0.2, 0.25) is 5.91 Å². The SMILES string of the molecule is CNC(=O)C(C)(C)CNCc1ccccc1[N+](=O)[O-]. The van der Waals surface area contributed by atoms with E-state index in [2.05, 4.69) is 10.6 Å². The van der Waals surface area contributed by atoms with E-state index in [-0.39, 0.29) is 11.6 Å². The van der Waals surface area contributed by atoms with Gasteiger partial charge in [0.25, 0.3) is 5.69 Å². The molecule has 6 nitrogen and oxygen atoms in total. The predicted molar refractivity (Wildman–Crippen MR) is 72.7 cm³/mol. The van der Waals surface area contributed by atoms with E-state index in [1.807, 2.05) is 13.8 Å².